The van der Waals surface area contributed by atoms with E-state index in [0.717, 1.165) is 42.0 Å². The Morgan fingerprint density at radius 2 is 2.00 bits per heavy atom. The number of anilines is 2. The SMILES string of the molecule is CC[C@@H]1C(=O)N(C)c2cnc(-c3ncc(-c4cccnc4)[nH]3)nc2N1C1CCCC1. The molecule has 8 heteroatoms. The lowest BCUT2D eigenvalue weighted by Crippen LogP contribution is -2.55. The molecule has 1 aliphatic carbocycles. The minimum atomic E-state index is -0.184. The molecule has 1 atom stereocenters. The highest BCUT2D eigenvalue weighted by molar-refractivity contribution is 6.04. The number of amides is 1. The molecule has 0 bridgehead atoms. The van der Waals surface area contributed by atoms with E-state index in [9.17, 15) is 4.79 Å². The molecule has 1 aliphatic heterocycles. The molecule has 0 aromatic carbocycles. The summed E-state index contributed by atoms with van der Waals surface area (Å²) in [6.45, 7) is 2.07. The number of rotatable bonds is 4. The highest BCUT2D eigenvalue weighted by Crippen LogP contribution is 2.40. The molecule has 30 heavy (non-hydrogen) atoms. The Kier molecular flexibility index (Phi) is 4.69. The predicted octanol–water partition coefficient (Wildman–Crippen LogP) is 3.43. The van der Waals surface area contributed by atoms with E-state index < -0.39 is 0 Å². The van der Waals surface area contributed by atoms with E-state index in [1.807, 2.05) is 19.2 Å². The maximum atomic E-state index is 13.0. The fourth-order valence-electron chi connectivity index (χ4n) is 4.60. The Morgan fingerprint density at radius 1 is 1.17 bits per heavy atom. The van der Waals surface area contributed by atoms with Crippen molar-refractivity contribution in [3.05, 3.63) is 36.9 Å². The van der Waals surface area contributed by atoms with Crippen LogP contribution in [0.15, 0.2) is 36.9 Å². The molecular weight excluding hydrogens is 378 g/mol. The Bertz CT molecular complexity index is 1060. The van der Waals surface area contributed by atoms with Gasteiger partial charge in [-0.25, -0.2) is 15.0 Å². The van der Waals surface area contributed by atoms with Gasteiger partial charge in [0, 0.05) is 31.0 Å². The minimum absolute atomic E-state index is 0.116. The number of nitrogens with zero attached hydrogens (tertiary/aromatic N) is 6. The zero-order chi connectivity index (χ0) is 20.7. The third kappa shape index (κ3) is 3.03. The van der Waals surface area contributed by atoms with Gasteiger partial charge < -0.3 is 14.8 Å². The van der Waals surface area contributed by atoms with Crippen molar-refractivity contribution in [3.63, 3.8) is 0 Å². The van der Waals surface area contributed by atoms with Crippen LogP contribution in [0.5, 0.6) is 0 Å². The summed E-state index contributed by atoms with van der Waals surface area (Å²) in [7, 11) is 1.81. The van der Waals surface area contributed by atoms with Crippen LogP contribution in [0.2, 0.25) is 0 Å². The highest BCUT2D eigenvalue weighted by Gasteiger charge is 2.41. The third-order valence-electron chi connectivity index (χ3n) is 6.17. The van der Waals surface area contributed by atoms with Crippen molar-refractivity contribution in [2.45, 2.75) is 51.1 Å². The predicted molar refractivity (Wildman–Crippen MR) is 115 cm³/mol. The van der Waals surface area contributed by atoms with Crippen LogP contribution in [0.3, 0.4) is 0 Å². The lowest BCUT2D eigenvalue weighted by atomic mass is 10.0. The van der Waals surface area contributed by atoms with E-state index >= 15 is 0 Å². The molecule has 0 radical (unpaired) electrons. The number of hydrogen-bond acceptors (Lipinski definition) is 6. The summed E-state index contributed by atoms with van der Waals surface area (Å²) in [5.41, 5.74) is 2.59. The van der Waals surface area contributed by atoms with Gasteiger partial charge in [-0.1, -0.05) is 19.8 Å². The van der Waals surface area contributed by atoms with Crippen LogP contribution in [0.4, 0.5) is 11.5 Å². The number of imidazole rings is 1. The van der Waals surface area contributed by atoms with Crippen LogP contribution in [0.1, 0.15) is 39.0 Å². The molecule has 8 nitrogen and oxygen atoms in total. The molecule has 2 aliphatic rings. The zero-order valence-electron chi connectivity index (χ0n) is 17.2. The van der Waals surface area contributed by atoms with Gasteiger partial charge in [0.25, 0.3) is 0 Å². The first-order valence-electron chi connectivity index (χ1n) is 10.6. The summed E-state index contributed by atoms with van der Waals surface area (Å²) >= 11 is 0. The number of carbonyl (C=O) groups excluding carboxylic acids is 1. The maximum Gasteiger partial charge on any atom is 0.249 e. The van der Waals surface area contributed by atoms with E-state index in [4.69, 9.17) is 4.98 Å². The highest BCUT2D eigenvalue weighted by atomic mass is 16.2. The molecule has 0 saturated heterocycles. The van der Waals surface area contributed by atoms with E-state index in [1.165, 1.54) is 12.8 Å². The van der Waals surface area contributed by atoms with Gasteiger partial charge in [0.1, 0.15) is 11.7 Å². The average Bonchev–Trinajstić information content (AvgIpc) is 3.49. The van der Waals surface area contributed by atoms with E-state index in [-0.39, 0.29) is 11.9 Å². The molecule has 154 valence electrons. The summed E-state index contributed by atoms with van der Waals surface area (Å²) in [4.78, 5) is 38.4. The zero-order valence-corrected chi connectivity index (χ0v) is 17.2. The van der Waals surface area contributed by atoms with Crippen LogP contribution in [-0.2, 0) is 4.79 Å². The Morgan fingerprint density at radius 3 is 2.73 bits per heavy atom. The van der Waals surface area contributed by atoms with E-state index in [1.54, 1.807) is 29.7 Å². The van der Waals surface area contributed by atoms with Gasteiger partial charge in [-0.05, 0) is 31.4 Å². The first-order valence-corrected chi connectivity index (χ1v) is 10.6. The molecular formula is C22H25N7O. The van der Waals surface area contributed by atoms with Gasteiger partial charge in [-0.3, -0.25) is 9.78 Å². The Balaban J connectivity index is 1.57. The van der Waals surface area contributed by atoms with Crippen molar-refractivity contribution >= 4 is 17.4 Å². The fraction of sp³-hybridized carbons (Fsp3) is 0.409. The number of hydrogen-bond donors (Lipinski definition) is 1. The molecule has 4 heterocycles. The Labute approximate surface area is 175 Å². The molecule has 0 unspecified atom stereocenters. The second kappa shape index (κ2) is 7.51. The van der Waals surface area contributed by atoms with Crippen LogP contribution < -0.4 is 9.80 Å². The molecule has 1 saturated carbocycles. The summed E-state index contributed by atoms with van der Waals surface area (Å²) < 4.78 is 0. The van der Waals surface area contributed by atoms with Gasteiger partial charge in [0.05, 0.1) is 18.1 Å². The molecule has 1 fully saturated rings. The van der Waals surface area contributed by atoms with Crippen molar-refractivity contribution in [1.29, 1.82) is 0 Å². The second-order valence-corrected chi connectivity index (χ2v) is 7.96. The van der Waals surface area contributed by atoms with Crippen molar-refractivity contribution in [3.8, 4) is 22.9 Å². The van der Waals surface area contributed by atoms with E-state index in [2.05, 4.69) is 31.8 Å². The molecule has 0 spiro atoms. The number of carbonyl (C=O) groups is 1. The monoisotopic (exact) mass is 403 g/mol. The lowest BCUT2D eigenvalue weighted by molar-refractivity contribution is -0.120. The average molecular weight is 403 g/mol. The van der Waals surface area contributed by atoms with Gasteiger partial charge in [-0.2, -0.15) is 0 Å². The number of fused-ring (bicyclic) bond motifs is 1. The van der Waals surface area contributed by atoms with Crippen molar-refractivity contribution < 1.29 is 4.79 Å². The quantitative estimate of drug-likeness (QED) is 0.718. The van der Waals surface area contributed by atoms with Gasteiger partial charge >= 0.3 is 0 Å². The second-order valence-electron chi connectivity index (χ2n) is 7.96. The fourth-order valence-corrected chi connectivity index (χ4v) is 4.60. The summed E-state index contributed by atoms with van der Waals surface area (Å²) in [5.74, 6) is 2.09. The third-order valence-corrected chi connectivity index (χ3v) is 6.17. The van der Waals surface area contributed by atoms with E-state index in [0.29, 0.717) is 17.7 Å². The maximum absolute atomic E-state index is 13.0. The lowest BCUT2D eigenvalue weighted by Gasteiger charge is -2.43. The smallest absolute Gasteiger partial charge is 0.249 e. The van der Waals surface area contributed by atoms with Crippen LogP contribution in [0.25, 0.3) is 22.9 Å². The first-order chi connectivity index (χ1) is 14.7. The number of likely N-dealkylation sites (N-methyl/N-ethyl adjacent to an activating group) is 1. The van der Waals surface area contributed by atoms with Crippen molar-refractivity contribution in [1.82, 2.24) is 24.9 Å². The summed E-state index contributed by atoms with van der Waals surface area (Å²) in [6, 6.07) is 4.03. The molecule has 3 aromatic heterocycles. The summed E-state index contributed by atoms with van der Waals surface area (Å²) in [6.07, 6.45) is 12.4. The molecule has 1 N–H and O–H groups in total. The first kappa shape index (κ1) is 18.7. The number of pyridine rings is 1. The number of aromatic nitrogens is 5. The van der Waals surface area contributed by atoms with Crippen LogP contribution >= 0.6 is 0 Å². The van der Waals surface area contributed by atoms with Crippen molar-refractivity contribution in [2.75, 3.05) is 16.8 Å². The molecule has 1 amide bonds. The topological polar surface area (TPSA) is 90.9 Å². The normalized spacial score (nSPS) is 19.4. The minimum Gasteiger partial charge on any atom is -0.340 e. The summed E-state index contributed by atoms with van der Waals surface area (Å²) in [5, 5.41) is 0. The number of aromatic amines is 1. The Hall–Kier alpha value is -3.29. The number of H-pyrrole nitrogens is 1. The van der Waals surface area contributed by atoms with Crippen molar-refractivity contribution in [2.24, 2.45) is 0 Å². The molecule has 5 rings (SSSR count). The van der Waals surface area contributed by atoms with Gasteiger partial charge in [0.15, 0.2) is 17.5 Å². The standard InChI is InChI=1S/C22H25N7O/c1-3-17-22(30)28(2)18-13-25-20(27-21(18)29(17)15-8-4-5-9-15)19-24-12-16(26-19)14-7-6-10-23-11-14/h6-7,10-13,15,17H,3-5,8-9H2,1-2H3,(H,24,26)/t17-/m1/s1. The van der Waals surface area contributed by atoms with Crippen LogP contribution in [-0.4, -0.2) is 50.0 Å². The van der Waals surface area contributed by atoms with Gasteiger partial charge in [0.2, 0.25) is 5.91 Å². The van der Waals surface area contributed by atoms with Gasteiger partial charge in [-0.15, -0.1) is 0 Å². The van der Waals surface area contributed by atoms with Crippen LogP contribution in [0, 0.1) is 0 Å². The largest absolute Gasteiger partial charge is 0.340 e. The number of nitrogens with one attached hydrogen (secondary N) is 1. The molecule has 3 aromatic rings.